The van der Waals surface area contributed by atoms with Crippen LogP contribution in [0.3, 0.4) is 0 Å². The van der Waals surface area contributed by atoms with Crippen molar-refractivity contribution in [1.29, 1.82) is 0 Å². The number of nitrogens with zero attached hydrogens (tertiary/aromatic N) is 2. The third-order valence-electron chi connectivity index (χ3n) is 2.93. The number of aromatic nitrogens is 3. The molecule has 0 atom stereocenters. The van der Waals surface area contributed by atoms with Gasteiger partial charge in [-0.15, -0.1) is 10.2 Å². The number of anilines is 2. The monoisotopic (exact) mass is 300 g/mol. The Hall–Kier alpha value is -3.09. The summed E-state index contributed by atoms with van der Waals surface area (Å²) in [6, 6.07) is 11.7. The Labute approximate surface area is 123 Å². The van der Waals surface area contributed by atoms with Crippen LogP contribution in [-0.4, -0.2) is 15.2 Å². The zero-order valence-corrected chi connectivity index (χ0v) is 11.2. The first kappa shape index (κ1) is 13.9. The van der Waals surface area contributed by atoms with Crippen molar-refractivity contribution < 1.29 is 8.78 Å². The fourth-order valence-electron chi connectivity index (χ4n) is 1.90. The number of benzene rings is 2. The minimum Gasteiger partial charge on any atom is -0.322 e. The predicted molar refractivity (Wildman–Crippen MR) is 77.7 cm³/mol. The average molecular weight is 300 g/mol. The van der Waals surface area contributed by atoms with Gasteiger partial charge < -0.3 is 5.32 Å². The third-order valence-corrected chi connectivity index (χ3v) is 2.93. The lowest BCUT2D eigenvalue weighted by Crippen LogP contribution is -2.15. The van der Waals surface area contributed by atoms with Gasteiger partial charge in [0.2, 0.25) is 5.95 Å². The van der Waals surface area contributed by atoms with E-state index in [0.717, 1.165) is 18.2 Å². The van der Waals surface area contributed by atoms with E-state index < -0.39 is 17.2 Å². The smallest absolute Gasteiger partial charge is 0.279 e. The van der Waals surface area contributed by atoms with Gasteiger partial charge in [-0.05, 0) is 12.1 Å². The molecular weight excluding hydrogens is 290 g/mol. The highest BCUT2D eigenvalue weighted by Crippen LogP contribution is 2.18. The molecule has 0 aliphatic heterocycles. The predicted octanol–water partition coefficient (Wildman–Crippen LogP) is 2.85. The van der Waals surface area contributed by atoms with Gasteiger partial charge in [-0.3, -0.25) is 9.78 Å². The molecule has 0 fully saturated rings. The first-order valence-corrected chi connectivity index (χ1v) is 6.38. The van der Waals surface area contributed by atoms with Gasteiger partial charge in [-0.2, -0.15) is 0 Å². The lowest BCUT2D eigenvalue weighted by atomic mass is 10.2. The first-order chi connectivity index (χ1) is 10.6. The summed E-state index contributed by atoms with van der Waals surface area (Å²) in [6.45, 7) is 0. The zero-order valence-electron chi connectivity index (χ0n) is 11.2. The second-order valence-electron chi connectivity index (χ2n) is 4.47. The molecule has 110 valence electrons. The van der Waals surface area contributed by atoms with Crippen LogP contribution in [0, 0.1) is 11.6 Å². The highest BCUT2D eigenvalue weighted by Gasteiger charge is 2.09. The summed E-state index contributed by atoms with van der Waals surface area (Å²) in [5.41, 5.74) is 0.128. The lowest BCUT2D eigenvalue weighted by Gasteiger charge is -2.06. The van der Waals surface area contributed by atoms with Gasteiger partial charge in [-0.25, -0.2) is 8.78 Å². The van der Waals surface area contributed by atoms with Gasteiger partial charge in [0.25, 0.3) is 5.56 Å². The number of rotatable bonds is 3. The molecule has 1 aromatic heterocycles. The molecule has 0 radical (unpaired) electrons. The molecule has 0 amide bonds. The normalized spacial score (nSPS) is 10.5. The van der Waals surface area contributed by atoms with Crippen LogP contribution in [0.25, 0.3) is 11.3 Å². The van der Waals surface area contributed by atoms with Crippen molar-refractivity contribution in [1.82, 2.24) is 15.2 Å². The fourth-order valence-corrected chi connectivity index (χ4v) is 1.90. The number of nitrogens with one attached hydrogen (secondary N) is 2. The quantitative estimate of drug-likeness (QED) is 0.780. The molecule has 3 rings (SSSR count). The minimum atomic E-state index is -0.670. The van der Waals surface area contributed by atoms with E-state index in [-0.39, 0.29) is 17.3 Å². The summed E-state index contributed by atoms with van der Waals surface area (Å²) in [7, 11) is 0. The molecule has 2 aromatic carbocycles. The molecule has 0 bridgehead atoms. The summed E-state index contributed by atoms with van der Waals surface area (Å²) in [5, 5.41) is 10.1. The summed E-state index contributed by atoms with van der Waals surface area (Å²) in [4.78, 5) is 14.5. The van der Waals surface area contributed by atoms with E-state index in [9.17, 15) is 13.6 Å². The molecular formula is C15H10F2N4O. The van der Waals surface area contributed by atoms with E-state index in [2.05, 4.69) is 20.5 Å². The van der Waals surface area contributed by atoms with Crippen LogP contribution in [0.1, 0.15) is 0 Å². The van der Waals surface area contributed by atoms with Crippen LogP contribution in [0.5, 0.6) is 0 Å². The van der Waals surface area contributed by atoms with Crippen molar-refractivity contribution in [2.75, 3.05) is 5.32 Å². The van der Waals surface area contributed by atoms with Crippen LogP contribution >= 0.6 is 0 Å². The van der Waals surface area contributed by atoms with Gasteiger partial charge in [0.15, 0.2) is 5.69 Å². The van der Waals surface area contributed by atoms with Gasteiger partial charge in [0.1, 0.15) is 11.6 Å². The van der Waals surface area contributed by atoms with Crippen molar-refractivity contribution in [2.45, 2.75) is 0 Å². The summed E-state index contributed by atoms with van der Waals surface area (Å²) >= 11 is 0. The molecule has 0 aliphatic carbocycles. The van der Waals surface area contributed by atoms with E-state index >= 15 is 0 Å². The standard InChI is InChI=1S/C15H10F2N4O/c16-10-6-7-11(17)12(8-10)18-15-19-14(22)13(20-21-15)9-4-2-1-3-5-9/h1-8H,(H2,18,19,21,22). The Kier molecular flexibility index (Phi) is 3.61. The topological polar surface area (TPSA) is 70.7 Å². The third kappa shape index (κ3) is 2.83. The molecule has 0 aliphatic rings. The van der Waals surface area contributed by atoms with E-state index in [0.29, 0.717) is 5.56 Å². The maximum Gasteiger partial charge on any atom is 0.279 e. The molecule has 0 saturated heterocycles. The largest absolute Gasteiger partial charge is 0.322 e. The minimum absolute atomic E-state index is 0.0748. The Balaban J connectivity index is 1.93. The summed E-state index contributed by atoms with van der Waals surface area (Å²) in [5.74, 6) is -1.36. The maximum absolute atomic E-state index is 13.5. The lowest BCUT2D eigenvalue weighted by molar-refractivity contribution is 0.603. The Morgan fingerprint density at radius 3 is 2.50 bits per heavy atom. The van der Waals surface area contributed by atoms with Crippen LogP contribution < -0.4 is 10.9 Å². The van der Waals surface area contributed by atoms with Crippen LogP contribution in [0.2, 0.25) is 0 Å². The molecule has 22 heavy (non-hydrogen) atoms. The Bertz CT molecular complexity index is 865. The highest BCUT2D eigenvalue weighted by molar-refractivity contribution is 5.59. The fraction of sp³-hybridized carbons (Fsp3) is 0. The Morgan fingerprint density at radius 2 is 1.77 bits per heavy atom. The number of H-pyrrole nitrogens is 1. The van der Waals surface area contributed by atoms with Crippen LogP contribution in [0.15, 0.2) is 53.3 Å². The van der Waals surface area contributed by atoms with E-state index in [1.165, 1.54) is 0 Å². The SMILES string of the molecule is O=c1[nH]c(Nc2cc(F)ccc2F)nnc1-c1ccccc1. The van der Waals surface area contributed by atoms with Crippen LogP contribution in [-0.2, 0) is 0 Å². The second kappa shape index (κ2) is 5.72. The molecule has 0 spiro atoms. The molecule has 1 heterocycles. The van der Waals surface area contributed by atoms with Gasteiger partial charge in [0.05, 0.1) is 5.69 Å². The van der Waals surface area contributed by atoms with E-state index in [1.54, 1.807) is 24.3 Å². The molecule has 3 aromatic rings. The number of halogens is 2. The van der Waals surface area contributed by atoms with Gasteiger partial charge in [-0.1, -0.05) is 30.3 Å². The van der Waals surface area contributed by atoms with Crippen molar-refractivity contribution in [3.63, 3.8) is 0 Å². The van der Waals surface area contributed by atoms with Crippen molar-refractivity contribution >= 4 is 11.6 Å². The molecule has 0 saturated carbocycles. The van der Waals surface area contributed by atoms with E-state index in [4.69, 9.17) is 0 Å². The Morgan fingerprint density at radius 1 is 1.00 bits per heavy atom. The molecule has 7 heteroatoms. The first-order valence-electron chi connectivity index (χ1n) is 6.38. The summed E-state index contributed by atoms with van der Waals surface area (Å²) in [6.07, 6.45) is 0. The van der Waals surface area contributed by atoms with E-state index in [1.807, 2.05) is 6.07 Å². The molecule has 0 unspecified atom stereocenters. The van der Waals surface area contributed by atoms with Gasteiger partial charge >= 0.3 is 0 Å². The van der Waals surface area contributed by atoms with Crippen molar-refractivity contribution in [2.24, 2.45) is 0 Å². The van der Waals surface area contributed by atoms with Crippen molar-refractivity contribution in [3.05, 3.63) is 70.5 Å². The van der Waals surface area contributed by atoms with Crippen LogP contribution in [0.4, 0.5) is 20.4 Å². The number of hydrogen-bond acceptors (Lipinski definition) is 4. The molecule has 5 nitrogen and oxygen atoms in total. The number of hydrogen-bond donors (Lipinski definition) is 2. The highest BCUT2D eigenvalue weighted by atomic mass is 19.1. The maximum atomic E-state index is 13.5. The van der Waals surface area contributed by atoms with Crippen molar-refractivity contribution in [3.8, 4) is 11.3 Å². The average Bonchev–Trinajstić information content (AvgIpc) is 2.52. The number of aromatic amines is 1. The molecule has 2 N–H and O–H groups in total. The second-order valence-corrected chi connectivity index (χ2v) is 4.47. The zero-order chi connectivity index (χ0) is 15.5. The van der Waals surface area contributed by atoms with Gasteiger partial charge in [0, 0.05) is 11.6 Å². The summed E-state index contributed by atoms with van der Waals surface area (Å²) < 4.78 is 26.6.